The molecule has 36 heavy (non-hydrogen) atoms. The number of esters is 1. The Balaban J connectivity index is 1.59. The summed E-state index contributed by atoms with van der Waals surface area (Å²) in [5, 5.41) is 6.95. The third-order valence-corrected chi connectivity index (χ3v) is 8.51. The quantitative estimate of drug-likeness (QED) is 0.182. The van der Waals surface area contributed by atoms with Crippen LogP contribution in [0.1, 0.15) is 54.1 Å². The standard InChI is InChI=1S/C29H30N2O4S/c1-2-3-9-18-35-29(32)26-16-10-15-25-27(26)23-13-7-8-14-24(23)28(25)30-31(21-11-5-4-6-12-21)22-17-19-36(33,34)20-22/h4-8,10-16,22H,2-3,9,17-20H2,1H3. The Hall–Kier alpha value is -3.45. The molecular formula is C29H30N2O4S. The number of anilines is 1. The molecule has 0 amide bonds. The van der Waals surface area contributed by atoms with Gasteiger partial charge in [0.15, 0.2) is 9.84 Å². The summed E-state index contributed by atoms with van der Waals surface area (Å²) in [6.07, 6.45) is 3.45. The molecule has 7 heteroatoms. The Kier molecular flexibility index (Phi) is 6.92. The Morgan fingerprint density at radius 1 is 0.944 bits per heavy atom. The van der Waals surface area contributed by atoms with Crippen molar-refractivity contribution >= 4 is 27.2 Å². The van der Waals surface area contributed by atoms with E-state index in [4.69, 9.17) is 9.84 Å². The SMILES string of the molecule is CCCCCOC(=O)c1cccc2c1-c1ccccc1C2=NN(c1ccccc1)C1CCS(=O)(=O)C1. The zero-order chi connectivity index (χ0) is 25.1. The second-order valence-corrected chi connectivity index (χ2v) is 11.5. The lowest BCUT2D eigenvalue weighted by Crippen LogP contribution is -2.33. The molecule has 6 nitrogen and oxygen atoms in total. The van der Waals surface area contributed by atoms with E-state index in [1.54, 1.807) is 6.07 Å². The molecule has 1 aliphatic carbocycles. The van der Waals surface area contributed by atoms with Gasteiger partial charge in [-0.2, -0.15) is 5.10 Å². The molecule has 3 aromatic carbocycles. The summed E-state index contributed by atoms with van der Waals surface area (Å²) in [6, 6.07) is 22.9. The molecule has 1 unspecified atom stereocenters. The van der Waals surface area contributed by atoms with Gasteiger partial charge in [0.1, 0.15) is 0 Å². The van der Waals surface area contributed by atoms with Crippen LogP contribution < -0.4 is 5.01 Å². The molecule has 0 spiro atoms. The topological polar surface area (TPSA) is 76.0 Å². The fraction of sp³-hybridized carbons (Fsp3) is 0.310. The Morgan fingerprint density at radius 3 is 2.39 bits per heavy atom. The van der Waals surface area contributed by atoms with Gasteiger partial charge in [0.05, 0.1) is 41.1 Å². The molecule has 186 valence electrons. The average molecular weight is 503 g/mol. The Morgan fingerprint density at radius 2 is 1.67 bits per heavy atom. The third kappa shape index (κ3) is 4.80. The summed E-state index contributed by atoms with van der Waals surface area (Å²) in [6.45, 7) is 2.51. The predicted molar refractivity (Wildman–Crippen MR) is 143 cm³/mol. The molecule has 2 aliphatic rings. The number of hydrogen-bond acceptors (Lipinski definition) is 6. The highest BCUT2D eigenvalue weighted by Gasteiger charge is 2.35. The van der Waals surface area contributed by atoms with Crippen molar-refractivity contribution in [3.8, 4) is 11.1 Å². The summed E-state index contributed by atoms with van der Waals surface area (Å²) in [7, 11) is -3.11. The maximum atomic E-state index is 13.1. The number of nitrogens with zero attached hydrogens (tertiary/aromatic N) is 2. The lowest BCUT2D eigenvalue weighted by molar-refractivity contribution is 0.0499. The third-order valence-electron chi connectivity index (χ3n) is 6.75. The molecule has 0 aromatic heterocycles. The van der Waals surface area contributed by atoms with Crippen LogP contribution in [0, 0.1) is 0 Å². The van der Waals surface area contributed by atoms with E-state index < -0.39 is 9.84 Å². The number of carbonyl (C=O) groups is 1. The number of para-hydroxylation sites is 1. The predicted octanol–water partition coefficient (Wildman–Crippen LogP) is 5.46. The molecular weight excluding hydrogens is 472 g/mol. The van der Waals surface area contributed by atoms with E-state index in [1.807, 2.05) is 71.7 Å². The fourth-order valence-corrected chi connectivity index (χ4v) is 6.66. The molecule has 0 radical (unpaired) electrons. The zero-order valence-electron chi connectivity index (χ0n) is 20.4. The van der Waals surface area contributed by atoms with Crippen molar-refractivity contribution < 1.29 is 17.9 Å². The van der Waals surface area contributed by atoms with E-state index in [-0.39, 0.29) is 23.5 Å². The van der Waals surface area contributed by atoms with E-state index in [9.17, 15) is 13.2 Å². The molecule has 5 rings (SSSR count). The van der Waals surface area contributed by atoms with Crippen LogP contribution in [-0.4, -0.2) is 44.3 Å². The largest absolute Gasteiger partial charge is 0.462 e. The van der Waals surface area contributed by atoms with Crippen molar-refractivity contribution in [2.75, 3.05) is 23.1 Å². The summed E-state index contributed by atoms with van der Waals surface area (Å²) in [4.78, 5) is 13.1. The van der Waals surface area contributed by atoms with Gasteiger partial charge in [0, 0.05) is 16.7 Å². The summed E-state index contributed by atoms with van der Waals surface area (Å²) < 4.78 is 30.3. The molecule has 1 atom stereocenters. The van der Waals surface area contributed by atoms with E-state index in [0.717, 1.165) is 52.9 Å². The first-order chi connectivity index (χ1) is 17.5. The molecule has 3 aromatic rings. The van der Waals surface area contributed by atoms with Gasteiger partial charge < -0.3 is 4.74 Å². The molecule has 1 saturated heterocycles. The lowest BCUT2D eigenvalue weighted by atomic mass is 9.99. The summed E-state index contributed by atoms with van der Waals surface area (Å²) in [5.74, 6) is -0.106. The van der Waals surface area contributed by atoms with Gasteiger partial charge in [-0.15, -0.1) is 0 Å². The number of unbranched alkanes of at least 4 members (excludes halogenated alkanes) is 2. The van der Waals surface area contributed by atoms with Crippen LogP contribution in [0.3, 0.4) is 0 Å². The maximum Gasteiger partial charge on any atom is 0.338 e. The Labute approximate surface area is 212 Å². The van der Waals surface area contributed by atoms with E-state index in [1.165, 1.54) is 0 Å². The van der Waals surface area contributed by atoms with Crippen LogP contribution in [0.15, 0.2) is 77.9 Å². The van der Waals surface area contributed by atoms with Crippen LogP contribution in [0.2, 0.25) is 0 Å². The second kappa shape index (κ2) is 10.3. The zero-order valence-corrected chi connectivity index (χ0v) is 21.2. The highest BCUT2D eigenvalue weighted by atomic mass is 32.2. The van der Waals surface area contributed by atoms with E-state index in [0.29, 0.717) is 18.6 Å². The van der Waals surface area contributed by atoms with Gasteiger partial charge in [-0.1, -0.05) is 74.4 Å². The normalized spacial score (nSPS) is 18.6. The van der Waals surface area contributed by atoms with Gasteiger partial charge >= 0.3 is 5.97 Å². The number of hydrazone groups is 1. The minimum Gasteiger partial charge on any atom is -0.462 e. The average Bonchev–Trinajstić information content (AvgIpc) is 3.42. The minimum atomic E-state index is -3.11. The first-order valence-corrected chi connectivity index (χ1v) is 14.3. The molecule has 0 N–H and O–H groups in total. The van der Waals surface area contributed by atoms with E-state index >= 15 is 0 Å². The minimum absolute atomic E-state index is 0.0668. The summed E-state index contributed by atoms with van der Waals surface area (Å²) in [5.41, 5.74) is 5.61. The number of benzene rings is 3. The summed E-state index contributed by atoms with van der Waals surface area (Å²) >= 11 is 0. The highest BCUT2D eigenvalue weighted by molar-refractivity contribution is 7.91. The van der Waals surface area contributed by atoms with Crippen molar-refractivity contribution in [3.63, 3.8) is 0 Å². The van der Waals surface area contributed by atoms with Crippen LogP contribution in [0.4, 0.5) is 5.69 Å². The van der Waals surface area contributed by atoms with Crippen molar-refractivity contribution in [1.29, 1.82) is 0 Å². The van der Waals surface area contributed by atoms with Gasteiger partial charge in [-0.25, -0.2) is 13.2 Å². The fourth-order valence-electron chi connectivity index (χ4n) is 4.97. The number of fused-ring (bicyclic) bond motifs is 3. The number of rotatable bonds is 8. The number of hydrogen-bond donors (Lipinski definition) is 0. The smallest absolute Gasteiger partial charge is 0.338 e. The molecule has 1 aliphatic heterocycles. The van der Waals surface area contributed by atoms with E-state index in [2.05, 4.69) is 6.92 Å². The van der Waals surface area contributed by atoms with Crippen LogP contribution in [-0.2, 0) is 14.6 Å². The van der Waals surface area contributed by atoms with Gasteiger partial charge in [0.2, 0.25) is 0 Å². The first-order valence-electron chi connectivity index (χ1n) is 12.5. The van der Waals surface area contributed by atoms with Crippen molar-refractivity contribution in [2.45, 2.75) is 38.6 Å². The monoisotopic (exact) mass is 502 g/mol. The first kappa shape index (κ1) is 24.3. The maximum absolute atomic E-state index is 13.1. The molecule has 0 bridgehead atoms. The Bertz CT molecular complexity index is 1400. The molecule has 1 fully saturated rings. The van der Waals surface area contributed by atoms with Crippen LogP contribution >= 0.6 is 0 Å². The number of sulfone groups is 1. The van der Waals surface area contributed by atoms with Crippen molar-refractivity contribution in [3.05, 3.63) is 89.5 Å². The second-order valence-electron chi connectivity index (χ2n) is 9.30. The number of carbonyl (C=O) groups excluding carboxylic acids is 1. The van der Waals surface area contributed by atoms with Crippen molar-refractivity contribution in [2.24, 2.45) is 5.10 Å². The molecule has 0 saturated carbocycles. The van der Waals surface area contributed by atoms with Gasteiger partial charge in [-0.05, 0) is 36.6 Å². The van der Waals surface area contributed by atoms with Gasteiger partial charge in [-0.3, -0.25) is 5.01 Å². The number of ether oxygens (including phenoxy) is 1. The van der Waals surface area contributed by atoms with Crippen LogP contribution in [0.5, 0.6) is 0 Å². The van der Waals surface area contributed by atoms with Crippen LogP contribution in [0.25, 0.3) is 11.1 Å². The van der Waals surface area contributed by atoms with Gasteiger partial charge in [0.25, 0.3) is 0 Å². The molecule has 1 heterocycles. The lowest BCUT2D eigenvalue weighted by Gasteiger charge is -2.26. The van der Waals surface area contributed by atoms with Crippen molar-refractivity contribution in [1.82, 2.24) is 0 Å². The highest BCUT2D eigenvalue weighted by Crippen LogP contribution is 2.40.